The molecule has 0 aliphatic heterocycles. The summed E-state index contributed by atoms with van der Waals surface area (Å²) in [5.41, 5.74) is 2.96. The Morgan fingerprint density at radius 1 is 1.19 bits per heavy atom. The van der Waals surface area contributed by atoms with Gasteiger partial charge in [-0.05, 0) is 45.0 Å². The molecule has 0 saturated carbocycles. The van der Waals surface area contributed by atoms with Crippen molar-refractivity contribution < 1.29 is 22.7 Å². The van der Waals surface area contributed by atoms with Gasteiger partial charge in [0.25, 0.3) is 0 Å². The van der Waals surface area contributed by atoms with Crippen molar-refractivity contribution in [2.24, 2.45) is 0 Å². The molecule has 0 aliphatic carbocycles. The van der Waals surface area contributed by atoms with Gasteiger partial charge in [-0.1, -0.05) is 13.0 Å². The lowest BCUT2D eigenvalue weighted by Gasteiger charge is -2.08. The largest absolute Gasteiger partial charge is 0.454 e. The quantitative estimate of drug-likeness (QED) is 0.408. The lowest BCUT2D eigenvalue weighted by Crippen LogP contribution is -2.23. The molecule has 2 heterocycles. The molecule has 0 spiro atoms. The average Bonchev–Trinajstić information content (AvgIpc) is 3.28. The topological polar surface area (TPSA) is 107 Å². The summed E-state index contributed by atoms with van der Waals surface area (Å²) in [5.74, 6) is -1.12. The van der Waals surface area contributed by atoms with Gasteiger partial charge in [0.1, 0.15) is 0 Å². The standard InChI is InChI=1S/C21H23N3O5S2/c1-5-22-31(27,28)17-8-6-7-16(10-17)20(26)29-11-19(25)18-9-14(3)24(15(18)4)21-23-13(2)12-30-21/h6-10,12,22H,5,11H2,1-4H3. The molecule has 31 heavy (non-hydrogen) atoms. The number of nitrogens with zero attached hydrogens (tertiary/aromatic N) is 2. The number of carbonyl (C=O) groups excluding carboxylic acids is 2. The van der Waals surface area contributed by atoms with Crippen LogP contribution < -0.4 is 4.72 Å². The Morgan fingerprint density at radius 2 is 1.94 bits per heavy atom. The number of benzene rings is 1. The lowest BCUT2D eigenvalue weighted by atomic mass is 10.1. The summed E-state index contributed by atoms with van der Waals surface area (Å²) >= 11 is 1.48. The molecule has 0 bridgehead atoms. The average molecular weight is 462 g/mol. The molecule has 0 saturated heterocycles. The molecule has 0 aliphatic rings. The lowest BCUT2D eigenvalue weighted by molar-refractivity contribution is 0.0474. The van der Waals surface area contributed by atoms with Gasteiger partial charge in [0.2, 0.25) is 15.8 Å². The second-order valence-corrected chi connectivity index (χ2v) is 9.52. The fourth-order valence-corrected chi connectivity index (χ4v) is 5.14. The smallest absolute Gasteiger partial charge is 0.338 e. The fourth-order valence-electron chi connectivity index (χ4n) is 3.14. The van der Waals surface area contributed by atoms with E-state index in [1.54, 1.807) is 13.0 Å². The first-order chi connectivity index (χ1) is 14.6. The number of aromatic nitrogens is 2. The van der Waals surface area contributed by atoms with E-state index in [2.05, 4.69) is 9.71 Å². The van der Waals surface area contributed by atoms with Gasteiger partial charge in [-0.15, -0.1) is 11.3 Å². The van der Waals surface area contributed by atoms with Crippen molar-refractivity contribution in [3.05, 3.63) is 63.9 Å². The summed E-state index contributed by atoms with van der Waals surface area (Å²) < 4.78 is 33.7. The van der Waals surface area contributed by atoms with Crippen LogP contribution in [0.5, 0.6) is 0 Å². The van der Waals surface area contributed by atoms with Crippen LogP contribution in [0, 0.1) is 20.8 Å². The second-order valence-electron chi connectivity index (χ2n) is 6.92. The Hall–Kier alpha value is -2.82. The zero-order valence-corrected chi connectivity index (χ0v) is 19.3. The predicted octanol–water partition coefficient (Wildman–Crippen LogP) is 3.20. The van der Waals surface area contributed by atoms with E-state index in [9.17, 15) is 18.0 Å². The summed E-state index contributed by atoms with van der Waals surface area (Å²) in [6.07, 6.45) is 0. The predicted molar refractivity (Wildman–Crippen MR) is 118 cm³/mol. The Kier molecular flexibility index (Phi) is 6.73. The third kappa shape index (κ3) is 4.92. The first kappa shape index (κ1) is 22.9. The van der Waals surface area contributed by atoms with Crippen molar-refractivity contribution in [3.63, 3.8) is 0 Å². The van der Waals surface area contributed by atoms with E-state index in [4.69, 9.17) is 4.74 Å². The molecule has 0 atom stereocenters. The number of hydrogen-bond donors (Lipinski definition) is 1. The minimum Gasteiger partial charge on any atom is -0.454 e. The summed E-state index contributed by atoms with van der Waals surface area (Å²) in [5, 5.41) is 2.70. The molecule has 0 fully saturated rings. The number of sulfonamides is 1. The summed E-state index contributed by atoms with van der Waals surface area (Å²) in [6, 6.07) is 7.24. The molecule has 3 aromatic rings. The Balaban J connectivity index is 1.74. The van der Waals surface area contributed by atoms with Crippen LogP contribution in [0.15, 0.2) is 40.6 Å². The molecule has 0 radical (unpaired) electrons. The third-order valence-corrected chi connectivity index (χ3v) is 7.07. The van der Waals surface area contributed by atoms with Gasteiger partial charge in [-0.3, -0.25) is 9.36 Å². The first-order valence-electron chi connectivity index (χ1n) is 9.55. The molecular weight excluding hydrogens is 438 g/mol. The number of ether oxygens (including phenoxy) is 1. The van der Waals surface area contributed by atoms with Crippen LogP contribution in [0.3, 0.4) is 0 Å². The number of carbonyl (C=O) groups is 2. The Bertz CT molecular complexity index is 1240. The number of thiazole rings is 1. The maximum absolute atomic E-state index is 12.7. The summed E-state index contributed by atoms with van der Waals surface area (Å²) in [7, 11) is -3.71. The molecular formula is C21H23N3O5S2. The van der Waals surface area contributed by atoms with Crippen LogP contribution in [0.4, 0.5) is 0 Å². The molecule has 164 valence electrons. The molecule has 2 aromatic heterocycles. The van der Waals surface area contributed by atoms with Gasteiger partial charge in [0.15, 0.2) is 11.7 Å². The minimum atomic E-state index is -3.71. The van der Waals surface area contributed by atoms with E-state index >= 15 is 0 Å². The number of Topliss-reactive ketones (excluding diaryl/α,β-unsaturated/α-hetero) is 1. The van der Waals surface area contributed by atoms with Crippen LogP contribution in [0.25, 0.3) is 5.13 Å². The van der Waals surface area contributed by atoms with Crippen LogP contribution >= 0.6 is 11.3 Å². The SMILES string of the molecule is CCNS(=O)(=O)c1cccc(C(=O)OCC(=O)c2cc(C)n(-c3nc(C)cs3)c2C)c1. The normalized spacial score (nSPS) is 11.5. The zero-order valence-electron chi connectivity index (χ0n) is 17.6. The highest BCUT2D eigenvalue weighted by atomic mass is 32.2. The monoisotopic (exact) mass is 461 g/mol. The number of hydrogen-bond acceptors (Lipinski definition) is 7. The molecule has 1 aromatic carbocycles. The molecule has 3 rings (SSSR count). The molecule has 10 heteroatoms. The van der Waals surface area contributed by atoms with Gasteiger partial charge in [0.05, 0.1) is 16.2 Å². The van der Waals surface area contributed by atoms with Crippen molar-refractivity contribution in [2.45, 2.75) is 32.6 Å². The van der Waals surface area contributed by atoms with E-state index in [1.807, 2.05) is 30.7 Å². The highest BCUT2D eigenvalue weighted by Crippen LogP contribution is 2.24. The van der Waals surface area contributed by atoms with Gasteiger partial charge < -0.3 is 4.74 Å². The van der Waals surface area contributed by atoms with E-state index in [0.29, 0.717) is 11.3 Å². The van der Waals surface area contributed by atoms with Gasteiger partial charge >= 0.3 is 5.97 Å². The van der Waals surface area contributed by atoms with Crippen LogP contribution in [0.2, 0.25) is 0 Å². The Labute approximate surface area is 184 Å². The van der Waals surface area contributed by atoms with Gasteiger partial charge in [0, 0.05) is 28.9 Å². The number of rotatable bonds is 8. The number of ketones is 1. The van der Waals surface area contributed by atoms with Crippen molar-refractivity contribution in [1.29, 1.82) is 0 Å². The van der Waals surface area contributed by atoms with Crippen molar-refractivity contribution in [3.8, 4) is 5.13 Å². The van der Waals surface area contributed by atoms with E-state index in [-0.39, 0.29) is 22.8 Å². The molecule has 1 N–H and O–H groups in total. The Morgan fingerprint density at radius 3 is 2.58 bits per heavy atom. The van der Waals surface area contributed by atoms with Crippen LogP contribution in [-0.4, -0.2) is 42.9 Å². The molecule has 8 nitrogen and oxygen atoms in total. The van der Waals surface area contributed by atoms with Gasteiger partial charge in [-0.2, -0.15) is 0 Å². The highest BCUT2D eigenvalue weighted by Gasteiger charge is 2.21. The van der Waals surface area contributed by atoms with Crippen LogP contribution in [0.1, 0.15) is 44.7 Å². The molecule has 0 amide bonds. The van der Waals surface area contributed by atoms with E-state index in [1.165, 1.54) is 35.6 Å². The molecule has 0 unspecified atom stereocenters. The van der Waals surface area contributed by atoms with Gasteiger partial charge in [-0.25, -0.2) is 22.9 Å². The zero-order chi connectivity index (χ0) is 22.8. The number of aryl methyl sites for hydroxylation is 2. The summed E-state index contributed by atoms with van der Waals surface area (Å²) in [4.78, 5) is 29.5. The minimum absolute atomic E-state index is 0.0441. The van der Waals surface area contributed by atoms with Crippen molar-refractivity contribution in [1.82, 2.24) is 14.3 Å². The maximum atomic E-state index is 12.7. The van der Waals surface area contributed by atoms with Crippen molar-refractivity contribution >= 4 is 33.1 Å². The fraction of sp³-hybridized carbons (Fsp3) is 0.286. The third-order valence-electron chi connectivity index (χ3n) is 4.58. The van der Waals surface area contributed by atoms with E-state index < -0.39 is 22.6 Å². The maximum Gasteiger partial charge on any atom is 0.338 e. The number of nitrogens with one attached hydrogen (secondary N) is 1. The van der Waals surface area contributed by atoms with Crippen LogP contribution in [-0.2, 0) is 14.8 Å². The highest BCUT2D eigenvalue weighted by molar-refractivity contribution is 7.89. The second kappa shape index (κ2) is 9.13. The first-order valence-corrected chi connectivity index (χ1v) is 11.9. The number of esters is 1. The van der Waals surface area contributed by atoms with E-state index in [0.717, 1.165) is 16.5 Å². The summed E-state index contributed by atoms with van der Waals surface area (Å²) in [6.45, 7) is 7.03. The van der Waals surface area contributed by atoms with Crippen molar-refractivity contribution in [2.75, 3.05) is 13.2 Å².